The fourth-order valence-corrected chi connectivity index (χ4v) is 3.13. The van der Waals surface area contributed by atoms with Crippen molar-refractivity contribution in [3.63, 3.8) is 0 Å². The van der Waals surface area contributed by atoms with E-state index < -0.39 is 12.0 Å². The van der Waals surface area contributed by atoms with Gasteiger partial charge >= 0.3 is 6.18 Å². The highest BCUT2D eigenvalue weighted by atomic mass is 35.5. The molecule has 0 N–H and O–H groups in total. The Balaban J connectivity index is 2.01. The Kier molecular flexibility index (Phi) is 3.54. The molecule has 0 amide bonds. The number of hydrogen-bond acceptors (Lipinski definition) is 4. The van der Waals surface area contributed by atoms with Crippen molar-refractivity contribution in [1.29, 1.82) is 0 Å². The van der Waals surface area contributed by atoms with Gasteiger partial charge in [0.25, 0.3) is 5.82 Å². The van der Waals surface area contributed by atoms with Crippen molar-refractivity contribution in [3.05, 3.63) is 44.6 Å². The van der Waals surface area contributed by atoms with Crippen molar-refractivity contribution < 1.29 is 13.2 Å². The van der Waals surface area contributed by atoms with Crippen molar-refractivity contribution >= 4 is 39.5 Å². The van der Waals surface area contributed by atoms with Gasteiger partial charge in [-0.1, -0.05) is 40.6 Å². The van der Waals surface area contributed by atoms with Crippen LogP contribution < -0.4 is 0 Å². The first-order valence-electron chi connectivity index (χ1n) is 5.57. The quantitative estimate of drug-likeness (QED) is 0.697. The molecule has 0 aliphatic carbocycles. The molecule has 0 unspecified atom stereocenters. The van der Waals surface area contributed by atoms with Crippen LogP contribution in [0.1, 0.15) is 16.4 Å². The molecule has 2 heterocycles. The monoisotopic (exact) mass is 352 g/mol. The van der Waals surface area contributed by atoms with Crippen LogP contribution in [-0.2, 0) is 12.6 Å². The van der Waals surface area contributed by atoms with Gasteiger partial charge in [0.1, 0.15) is 5.01 Å². The van der Waals surface area contributed by atoms with Crippen molar-refractivity contribution in [1.82, 2.24) is 19.8 Å². The first-order chi connectivity index (χ1) is 9.86. The van der Waals surface area contributed by atoms with Crippen LogP contribution in [0.2, 0.25) is 10.0 Å². The van der Waals surface area contributed by atoms with Crippen molar-refractivity contribution in [2.45, 2.75) is 12.6 Å². The largest absolute Gasteiger partial charge is 0.453 e. The number of halogens is 5. The average Bonchev–Trinajstić information content (AvgIpc) is 2.91. The molecular weight excluding hydrogens is 348 g/mol. The summed E-state index contributed by atoms with van der Waals surface area (Å²) in [5.74, 6) is -1.15. The molecule has 110 valence electrons. The summed E-state index contributed by atoms with van der Waals surface area (Å²) in [5, 5.41) is 11.7. The molecule has 2 aromatic heterocycles. The van der Waals surface area contributed by atoms with E-state index in [9.17, 15) is 13.2 Å². The minimum Gasteiger partial charge on any atom is -0.178 e. The molecule has 0 radical (unpaired) electrons. The maximum Gasteiger partial charge on any atom is 0.453 e. The lowest BCUT2D eigenvalue weighted by molar-refractivity contribution is -0.146. The predicted octanol–water partition coefficient (Wildman–Crippen LogP) is 4.10. The molecule has 0 bridgehead atoms. The molecule has 0 fully saturated rings. The summed E-state index contributed by atoms with van der Waals surface area (Å²) in [6.07, 6.45) is -4.38. The normalized spacial score (nSPS) is 12.2. The Bertz CT molecular complexity index is 791. The molecule has 10 heteroatoms. The van der Waals surface area contributed by atoms with E-state index in [1.165, 1.54) is 0 Å². The number of alkyl halides is 3. The lowest BCUT2D eigenvalue weighted by Gasteiger charge is -2.04. The number of nitrogens with zero attached hydrogens (tertiary/aromatic N) is 4. The van der Waals surface area contributed by atoms with Crippen molar-refractivity contribution in [2.24, 2.45) is 0 Å². The van der Waals surface area contributed by atoms with Gasteiger partial charge in [0.05, 0.1) is 0 Å². The summed E-state index contributed by atoms with van der Waals surface area (Å²) in [5.41, 5.74) is 0.611. The van der Waals surface area contributed by atoms with Gasteiger partial charge in [0, 0.05) is 16.5 Å². The van der Waals surface area contributed by atoms with E-state index in [-0.39, 0.29) is 11.4 Å². The lowest BCUT2D eigenvalue weighted by atomic mass is 10.1. The zero-order valence-electron chi connectivity index (χ0n) is 10.0. The molecule has 4 nitrogen and oxygen atoms in total. The molecule has 0 saturated carbocycles. The van der Waals surface area contributed by atoms with Gasteiger partial charge in [-0.15, -0.1) is 10.2 Å². The third kappa shape index (κ3) is 2.70. The number of rotatable bonds is 2. The summed E-state index contributed by atoms with van der Waals surface area (Å²) in [6, 6.07) is 5.00. The van der Waals surface area contributed by atoms with Gasteiger partial charge in [-0.2, -0.15) is 22.8 Å². The highest BCUT2D eigenvalue weighted by Gasteiger charge is 2.38. The summed E-state index contributed by atoms with van der Waals surface area (Å²) < 4.78 is 38.8. The summed E-state index contributed by atoms with van der Waals surface area (Å²) in [4.78, 5) is 0.0699. The van der Waals surface area contributed by atoms with Crippen LogP contribution in [0.25, 0.3) is 4.96 Å². The van der Waals surface area contributed by atoms with Gasteiger partial charge in [0.2, 0.25) is 4.96 Å². The molecular formula is C11H5Cl2F3N4S. The second-order valence-electron chi connectivity index (χ2n) is 4.09. The Labute approximate surface area is 130 Å². The molecule has 0 aliphatic rings. The maximum absolute atomic E-state index is 12.7. The maximum atomic E-state index is 12.7. The van der Waals surface area contributed by atoms with Crippen LogP contribution in [0.3, 0.4) is 0 Å². The molecule has 0 saturated heterocycles. The Morgan fingerprint density at radius 2 is 1.81 bits per heavy atom. The smallest absolute Gasteiger partial charge is 0.178 e. The van der Waals surface area contributed by atoms with Crippen LogP contribution in [0, 0.1) is 0 Å². The number of hydrogen-bond donors (Lipinski definition) is 0. The first kappa shape index (κ1) is 14.6. The highest BCUT2D eigenvalue weighted by Crippen LogP contribution is 2.31. The van der Waals surface area contributed by atoms with Gasteiger partial charge in [-0.25, -0.2) is 0 Å². The van der Waals surface area contributed by atoms with Crippen LogP contribution in [0.5, 0.6) is 0 Å². The van der Waals surface area contributed by atoms with Gasteiger partial charge < -0.3 is 0 Å². The van der Waals surface area contributed by atoms with Crippen LogP contribution in [0.15, 0.2) is 18.2 Å². The summed E-state index contributed by atoms with van der Waals surface area (Å²) in [6.45, 7) is 0. The summed E-state index contributed by atoms with van der Waals surface area (Å²) in [7, 11) is 0. The predicted molar refractivity (Wildman–Crippen MR) is 72.9 cm³/mol. The van der Waals surface area contributed by atoms with E-state index in [0.29, 0.717) is 25.1 Å². The van der Waals surface area contributed by atoms with Crippen molar-refractivity contribution in [2.75, 3.05) is 0 Å². The van der Waals surface area contributed by atoms with Crippen LogP contribution in [0.4, 0.5) is 13.2 Å². The Morgan fingerprint density at radius 3 is 2.43 bits per heavy atom. The first-order valence-corrected chi connectivity index (χ1v) is 7.14. The number of fused-ring (bicyclic) bond motifs is 1. The molecule has 0 atom stereocenters. The van der Waals surface area contributed by atoms with Crippen LogP contribution >= 0.6 is 34.5 Å². The Morgan fingerprint density at radius 1 is 1.14 bits per heavy atom. The molecule has 3 aromatic rings. The SMILES string of the molecule is FC(F)(F)c1nnc2sc(Cc3c(Cl)cccc3Cl)nn12. The van der Waals surface area contributed by atoms with Crippen LogP contribution in [-0.4, -0.2) is 19.8 Å². The van der Waals surface area contributed by atoms with E-state index in [1.54, 1.807) is 18.2 Å². The fourth-order valence-electron chi connectivity index (χ4n) is 1.76. The van der Waals surface area contributed by atoms with E-state index >= 15 is 0 Å². The zero-order valence-corrected chi connectivity index (χ0v) is 12.4. The average molecular weight is 353 g/mol. The lowest BCUT2D eigenvalue weighted by Crippen LogP contribution is -2.11. The fraction of sp³-hybridized carbons (Fsp3) is 0.182. The minimum atomic E-state index is -4.60. The van der Waals surface area contributed by atoms with Gasteiger partial charge in [0.15, 0.2) is 0 Å². The van der Waals surface area contributed by atoms with Crippen molar-refractivity contribution in [3.8, 4) is 0 Å². The number of benzene rings is 1. The standard InChI is InChI=1S/C11H5Cl2F3N4S/c12-6-2-1-3-7(13)5(6)4-8-19-20-9(11(14,15)16)17-18-10(20)21-8/h1-3H,4H2. The zero-order chi connectivity index (χ0) is 15.2. The molecule has 0 aliphatic heterocycles. The topological polar surface area (TPSA) is 43.1 Å². The second-order valence-corrected chi connectivity index (χ2v) is 5.94. The Hall–Kier alpha value is -1.38. The van der Waals surface area contributed by atoms with E-state index in [0.717, 1.165) is 11.3 Å². The van der Waals surface area contributed by atoms with E-state index in [1.807, 2.05) is 0 Å². The van der Waals surface area contributed by atoms with E-state index in [2.05, 4.69) is 15.3 Å². The van der Waals surface area contributed by atoms with Gasteiger partial charge in [-0.3, -0.25) is 0 Å². The van der Waals surface area contributed by atoms with E-state index in [4.69, 9.17) is 23.2 Å². The molecule has 1 aromatic carbocycles. The second kappa shape index (κ2) is 5.11. The highest BCUT2D eigenvalue weighted by molar-refractivity contribution is 7.16. The molecule has 21 heavy (non-hydrogen) atoms. The third-order valence-electron chi connectivity index (χ3n) is 2.68. The summed E-state index contributed by atoms with van der Waals surface area (Å²) >= 11 is 13.1. The minimum absolute atomic E-state index is 0.0699. The molecule has 0 spiro atoms. The third-order valence-corrected chi connectivity index (χ3v) is 4.28. The van der Waals surface area contributed by atoms with Gasteiger partial charge in [-0.05, 0) is 17.7 Å². The number of aromatic nitrogens is 4. The molecule has 3 rings (SSSR count).